The number of morpholine rings is 1. The maximum absolute atomic E-state index is 6.03. The fraction of sp³-hybridized carbons (Fsp3) is 0.474. The summed E-state index contributed by atoms with van der Waals surface area (Å²) < 4.78 is 7.90. The van der Waals surface area contributed by atoms with E-state index in [4.69, 9.17) is 9.73 Å². The summed E-state index contributed by atoms with van der Waals surface area (Å²) in [6, 6.07) is 10.4. The van der Waals surface area contributed by atoms with Crippen LogP contribution in [0, 0.1) is 6.92 Å². The zero-order valence-corrected chi connectivity index (χ0v) is 18.0. The third kappa shape index (κ3) is 4.97. The molecule has 0 bridgehead atoms. The van der Waals surface area contributed by atoms with Crippen molar-refractivity contribution in [2.24, 2.45) is 12.0 Å². The number of hydrogen-bond acceptors (Lipinski definition) is 3. The third-order valence-electron chi connectivity index (χ3n) is 4.55. The summed E-state index contributed by atoms with van der Waals surface area (Å²) in [5.74, 6) is 0.936. The second-order valence-electron chi connectivity index (χ2n) is 6.28. The van der Waals surface area contributed by atoms with Gasteiger partial charge in [-0.15, -0.1) is 24.0 Å². The van der Waals surface area contributed by atoms with Gasteiger partial charge in [-0.2, -0.15) is 5.10 Å². The average Bonchev–Trinajstić information content (AvgIpc) is 3.04. The van der Waals surface area contributed by atoms with Crippen molar-refractivity contribution in [2.75, 3.05) is 26.2 Å². The van der Waals surface area contributed by atoms with Crippen molar-refractivity contribution >= 4 is 29.9 Å². The average molecular weight is 469 g/mol. The summed E-state index contributed by atoms with van der Waals surface area (Å²) in [5.41, 5.74) is 3.62. The Morgan fingerprint density at radius 2 is 2.15 bits per heavy atom. The Balaban J connectivity index is 0.00000243. The van der Waals surface area contributed by atoms with E-state index in [2.05, 4.69) is 53.4 Å². The van der Waals surface area contributed by atoms with Crippen molar-refractivity contribution in [1.29, 1.82) is 0 Å². The summed E-state index contributed by atoms with van der Waals surface area (Å²) in [4.78, 5) is 7.10. The molecule has 1 aromatic heterocycles. The molecule has 1 aliphatic rings. The Bertz CT molecular complexity index is 730. The van der Waals surface area contributed by atoms with Crippen molar-refractivity contribution in [3.8, 4) is 0 Å². The summed E-state index contributed by atoms with van der Waals surface area (Å²) in [6.45, 7) is 8.05. The highest BCUT2D eigenvalue weighted by Crippen LogP contribution is 2.25. The van der Waals surface area contributed by atoms with E-state index in [1.807, 2.05) is 17.8 Å². The van der Waals surface area contributed by atoms with E-state index in [1.54, 1.807) is 6.20 Å². The zero-order chi connectivity index (χ0) is 17.6. The predicted molar refractivity (Wildman–Crippen MR) is 115 cm³/mol. The topological polar surface area (TPSA) is 54.7 Å². The van der Waals surface area contributed by atoms with Gasteiger partial charge in [0, 0.05) is 26.3 Å². The summed E-state index contributed by atoms with van der Waals surface area (Å²) in [5, 5.41) is 7.62. The molecule has 0 radical (unpaired) electrons. The monoisotopic (exact) mass is 469 g/mol. The van der Waals surface area contributed by atoms with Crippen LogP contribution in [0.3, 0.4) is 0 Å². The van der Waals surface area contributed by atoms with E-state index >= 15 is 0 Å². The Labute approximate surface area is 172 Å². The van der Waals surface area contributed by atoms with E-state index in [9.17, 15) is 0 Å². The number of nitrogens with one attached hydrogen (secondary N) is 1. The molecule has 3 rings (SSSR count). The Kier molecular flexibility index (Phi) is 7.89. The van der Waals surface area contributed by atoms with Crippen LogP contribution in [0.4, 0.5) is 0 Å². The SMILES string of the molecule is CCNC(=NCc1ccnn1C)N1CCOC(c2ccccc2C)C1.I. The molecule has 0 saturated carbocycles. The molecule has 1 fully saturated rings. The van der Waals surface area contributed by atoms with E-state index in [-0.39, 0.29) is 30.1 Å². The summed E-state index contributed by atoms with van der Waals surface area (Å²) in [6.07, 6.45) is 1.89. The minimum atomic E-state index is 0. The lowest BCUT2D eigenvalue weighted by molar-refractivity contribution is -0.00834. The predicted octanol–water partition coefficient (Wildman–Crippen LogP) is 2.89. The number of hydrogen-bond donors (Lipinski definition) is 1. The second kappa shape index (κ2) is 9.91. The number of ether oxygens (including phenoxy) is 1. The van der Waals surface area contributed by atoms with Crippen molar-refractivity contribution in [3.05, 3.63) is 53.3 Å². The van der Waals surface area contributed by atoms with Crippen molar-refractivity contribution in [3.63, 3.8) is 0 Å². The minimum absolute atomic E-state index is 0. The number of aromatic nitrogens is 2. The molecule has 1 N–H and O–H groups in total. The first kappa shape index (κ1) is 20.7. The third-order valence-corrected chi connectivity index (χ3v) is 4.55. The first-order chi connectivity index (χ1) is 12.2. The number of benzene rings is 1. The molecule has 26 heavy (non-hydrogen) atoms. The van der Waals surface area contributed by atoms with Crippen molar-refractivity contribution in [1.82, 2.24) is 20.0 Å². The molecular formula is C19H28IN5O. The Morgan fingerprint density at radius 3 is 2.85 bits per heavy atom. The van der Waals surface area contributed by atoms with Gasteiger partial charge in [0.05, 0.1) is 25.4 Å². The molecule has 7 heteroatoms. The number of halogens is 1. The van der Waals surface area contributed by atoms with Crippen molar-refractivity contribution < 1.29 is 4.74 Å². The van der Waals surface area contributed by atoms with E-state index < -0.39 is 0 Å². The van der Waals surface area contributed by atoms with Gasteiger partial charge >= 0.3 is 0 Å². The summed E-state index contributed by atoms with van der Waals surface area (Å²) >= 11 is 0. The highest BCUT2D eigenvalue weighted by Gasteiger charge is 2.25. The normalized spacial score (nSPS) is 17.7. The van der Waals surface area contributed by atoms with Gasteiger partial charge in [0.1, 0.15) is 6.10 Å². The standard InChI is InChI=1S/C19H27N5O.HI/c1-4-20-19(21-13-16-9-10-22-23(16)3)24-11-12-25-18(14-24)17-8-6-5-7-15(17)2;/h5-10,18H,4,11-14H2,1-3H3,(H,20,21);1H. The van der Waals surface area contributed by atoms with E-state index in [1.165, 1.54) is 11.1 Å². The molecule has 1 saturated heterocycles. The van der Waals surface area contributed by atoms with Crippen molar-refractivity contribution in [2.45, 2.75) is 26.5 Å². The molecule has 2 aromatic rings. The zero-order valence-electron chi connectivity index (χ0n) is 15.7. The molecular weight excluding hydrogens is 441 g/mol. The molecule has 6 nitrogen and oxygen atoms in total. The highest BCUT2D eigenvalue weighted by atomic mass is 127. The lowest BCUT2D eigenvalue weighted by Gasteiger charge is -2.35. The van der Waals surface area contributed by atoms with Crippen LogP contribution < -0.4 is 5.32 Å². The molecule has 0 aliphatic carbocycles. The molecule has 2 heterocycles. The van der Waals surface area contributed by atoms with Gasteiger partial charge in [-0.05, 0) is 31.0 Å². The van der Waals surface area contributed by atoms with Gasteiger partial charge in [0.2, 0.25) is 0 Å². The maximum Gasteiger partial charge on any atom is 0.194 e. The van der Waals surface area contributed by atoms with Gasteiger partial charge in [-0.1, -0.05) is 24.3 Å². The molecule has 1 atom stereocenters. The molecule has 142 valence electrons. The molecule has 1 unspecified atom stereocenters. The molecule has 1 aromatic carbocycles. The molecule has 0 spiro atoms. The van der Waals surface area contributed by atoms with Crippen LogP contribution in [0.15, 0.2) is 41.5 Å². The molecule has 1 aliphatic heterocycles. The van der Waals surface area contributed by atoms with Gasteiger partial charge in [0.15, 0.2) is 5.96 Å². The first-order valence-corrected chi connectivity index (χ1v) is 8.86. The van der Waals surface area contributed by atoms with E-state index in [0.717, 1.165) is 31.3 Å². The van der Waals surface area contributed by atoms with Gasteiger partial charge in [0.25, 0.3) is 0 Å². The number of aliphatic imine (C=N–C) groups is 1. The van der Waals surface area contributed by atoms with Crippen LogP contribution in [0.25, 0.3) is 0 Å². The van der Waals surface area contributed by atoms with Crippen LogP contribution >= 0.6 is 24.0 Å². The minimum Gasteiger partial charge on any atom is -0.370 e. The maximum atomic E-state index is 6.03. The fourth-order valence-corrected chi connectivity index (χ4v) is 3.12. The van der Waals surface area contributed by atoms with Gasteiger partial charge in [-0.3, -0.25) is 4.68 Å². The quantitative estimate of drug-likeness (QED) is 0.425. The fourth-order valence-electron chi connectivity index (χ4n) is 3.12. The lowest BCUT2D eigenvalue weighted by atomic mass is 10.0. The lowest BCUT2D eigenvalue weighted by Crippen LogP contribution is -2.48. The number of rotatable bonds is 4. The van der Waals surface area contributed by atoms with Crippen LogP contribution in [-0.4, -0.2) is 46.9 Å². The first-order valence-electron chi connectivity index (χ1n) is 8.86. The molecule has 0 amide bonds. The Morgan fingerprint density at radius 1 is 1.35 bits per heavy atom. The van der Waals surface area contributed by atoms with E-state index in [0.29, 0.717) is 13.2 Å². The largest absolute Gasteiger partial charge is 0.370 e. The Hall–Kier alpha value is -1.61. The highest BCUT2D eigenvalue weighted by molar-refractivity contribution is 14.0. The smallest absolute Gasteiger partial charge is 0.194 e. The second-order valence-corrected chi connectivity index (χ2v) is 6.28. The van der Waals surface area contributed by atoms with Crippen LogP contribution in [0.5, 0.6) is 0 Å². The number of aryl methyl sites for hydroxylation is 2. The van der Waals surface area contributed by atoms with Crippen LogP contribution in [0.2, 0.25) is 0 Å². The van der Waals surface area contributed by atoms with Crippen LogP contribution in [-0.2, 0) is 18.3 Å². The number of nitrogens with zero attached hydrogens (tertiary/aromatic N) is 4. The number of guanidine groups is 1. The van der Waals surface area contributed by atoms with Gasteiger partial charge in [-0.25, -0.2) is 4.99 Å². The van der Waals surface area contributed by atoms with Crippen LogP contribution in [0.1, 0.15) is 29.8 Å². The van der Waals surface area contributed by atoms with Gasteiger partial charge < -0.3 is 15.0 Å². The summed E-state index contributed by atoms with van der Waals surface area (Å²) in [7, 11) is 1.95.